The summed E-state index contributed by atoms with van der Waals surface area (Å²) in [7, 11) is 0.160. The Morgan fingerprint density at radius 3 is 0.889 bits per heavy atom. The van der Waals surface area contributed by atoms with E-state index in [2.05, 4.69) is 0 Å². The van der Waals surface area contributed by atoms with Crippen molar-refractivity contribution in [3.63, 3.8) is 0 Å². The Labute approximate surface area is 214 Å². The van der Waals surface area contributed by atoms with E-state index < -0.39 is 39.1 Å². The molecule has 0 saturated heterocycles. The first-order valence-corrected chi connectivity index (χ1v) is 14.4. The topological polar surface area (TPSA) is 52.6 Å². The first kappa shape index (κ1) is 25.8. The highest BCUT2D eigenvalue weighted by Crippen LogP contribution is 2.52. The Hall–Kier alpha value is -3.32. The van der Waals surface area contributed by atoms with Gasteiger partial charge < -0.3 is 9.47 Å². The van der Waals surface area contributed by atoms with E-state index in [1.54, 1.807) is 0 Å². The van der Waals surface area contributed by atoms with E-state index in [-0.39, 0.29) is 0 Å². The van der Waals surface area contributed by atoms with Crippen molar-refractivity contribution >= 4 is 49.0 Å². The standard InChI is InChI=1S/C30H28O4P2/c1-33-29(31)27(35(23-15-7-3-8-16-23)24-17-9-4-10-18-24)28(30(32)34-2)36(25-19-11-5-12-20-25)26-21-13-6-14-22-26/h3-22,27-28H,1-2H3/t27-,28-/m0/s1. The minimum Gasteiger partial charge on any atom is -0.468 e. The highest BCUT2D eigenvalue weighted by atomic mass is 31.1. The number of esters is 2. The molecule has 4 aromatic rings. The molecule has 0 unspecified atom stereocenters. The van der Waals surface area contributed by atoms with E-state index >= 15 is 0 Å². The molecule has 0 N–H and O–H groups in total. The van der Waals surface area contributed by atoms with Gasteiger partial charge in [0, 0.05) is 0 Å². The summed E-state index contributed by atoms with van der Waals surface area (Å²) in [5, 5.41) is 4.00. The first-order chi connectivity index (χ1) is 17.7. The van der Waals surface area contributed by atoms with Crippen molar-refractivity contribution < 1.29 is 19.1 Å². The van der Waals surface area contributed by atoms with Gasteiger partial charge in [0.1, 0.15) is 11.3 Å². The maximum atomic E-state index is 13.7. The van der Waals surface area contributed by atoms with Crippen molar-refractivity contribution in [3.8, 4) is 0 Å². The lowest BCUT2D eigenvalue weighted by Crippen LogP contribution is -2.45. The summed E-state index contributed by atoms with van der Waals surface area (Å²) in [5.41, 5.74) is -1.51. The summed E-state index contributed by atoms with van der Waals surface area (Å²) in [6, 6.07) is 39.7. The number of benzene rings is 4. The molecule has 0 bridgehead atoms. The first-order valence-electron chi connectivity index (χ1n) is 11.6. The second-order valence-electron chi connectivity index (χ2n) is 8.02. The molecule has 0 aliphatic heterocycles. The number of ether oxygens (including phenoxy) is 2. The summed E-state index contributed by atoms with van der Waals surface area (Å²) in [6.07, 6.45) is 0. The van der Waals surface area contributed by atoms with E-state index in [4.69, 9.17) is 9.47 Å². The molecule has 0 amide bonds. The minimum absolute atomic E-state index is 0.413. The van der Waals surface area contributed by atoms with E-state index in [1.807, 2.05) is 121 Å². The number of hydrogen-bond donors (Lipinski definition) is 0. The maximum absolute atomic E-state index is 13.7. The molecular weight excluding hydrogens is 486 g/mol. The van der Waals surface area contributed by atoms with Gasteiger partial charge in [-0.1, -0.05) is 121 Å². The molecule has 0 aliphatic carbocycles. The lowest BCUT2D eigenvalue weighted by atomic mass is 10.3. The summed E-state index contributed by atoms with van der Waals surface area (Å²) >= 11 is 0. The highest BCUT2D eigenvalue weighted by Gasteiger charge is 2.47. The third-order valence-corrected chi connectivity index (χ3v) is 11.7. The smallest absolute Gasteiger partial charge is 0.314 e. The lowest BCUT2D eigenvalue weighted by molar-refractivity contribution is -0.146. The van der Waals surface area contributed by atoms with Crippen LogP contribution in [0.2, 0.25) is 0 Å². The SMILES string of the molecule is COC(=O)[C@H]([C@@H](C(=O)OC)P(c1ccccc1)c1ccccc1)P(c1ccccc1)c1ccccc1. The Bertz CT molecular complexity index is 1070. The van der Waals surface area contributed by atoms with Gasteiger partial charge in [-0.25, -0.2) is 0 Å². The van der Waals surface area contributed by atoms with Crippen LogP contribution in [0, 0.1) is 0 Å². The molecule has 2 atom stereocenters. The van der Waals surface area contributed by atoms with Gasteiger partial charge in [0.15, 0.2) is 0 Å². The van der Waals surface area contributed by atoms with Gasteiger partial charge in [0.2, 0.25) is 0 Å². The molecule has 0 aliphatic rings. The number of rotatable bonds is 9. The molecule has 4 nitrogen and oxygen atoms in total. The van der Waals surface area contributed by atoms with Crippen LogP contribution in [0.4, 0.5) is 0 Å². The molecule has 0 heterocycles. The van der Waals surface area contributed by atoms with Crippen molar-refractivity contribution in [3.05, 3.63) is 121 Å². The van der Waals surface area contributed by atoms with Gasteiger partial charge in [-0.05, 0) is 37.1 Å². The second kappa shape index (κ2) is 12.6. The summed E-state index contributed by atoms with van der Waals surface area (Å²) in [4.78, 5) is 27.5. The molecular formula is C30H28O4P2. The maximum Gasteiger partial charge on any atom is 0.314 e. The third-order valence-electron chi connectivity index (χ3n) is 5.88. The van der Waals surface area contributed by atoms with Crippen LogP contribution in [0.3, 0.4) is 0 Å². The van der Waals surface area contributed by atoms with E-state index in [1.165, 1.54) is 14.2 Å². The van der Waals surface area contributed by atoms with Crippen molar-refractivity contribution in [2.24, 2.45) is 0 Å². The summed E-state index contributed by atoms with van der Waals surface area (Å²) in [6.45, 7) is 0. The second-order valence-corrected chi connectivity index (χ2v) is 12.7. The Balaban J connectivity index is 1.99. The van der Waals surface area contributed by atoms with Crippen LogP contribution in [0.25, 0.3) is 0 Å². The van der Waals surface area contributed by atoms with Crippen molar-refractivity contribution in [1.82, 2.24) is 0 Å². The van der Waals surface area contributed by atoms with Crippen molar-refractivity contribution in [2.75, 3.05) is 14.2 Å². The molecule has 0 fully saturated rings. The summed E-state index contributed by atoms with van der Waals surface area (Å²) < 4.78 is 10.8. The predicted octanol–water partition coefficient (Wildman–Crippen LogP) is 4.34. The normalized spacial score (nSPS) is 12.7. The van der Waals surface area contributed by atoms with Crippen LogP contribution < -0.4 is 21.2 Å². The fraction of sp³-hybridized carbons (Fsp3) is 0.133. The van der Waals surface area contributed by atoms with Gasteiger partial charge in [-0.3, -0.25) is 9.59 Å². The fourth-order valence-electron chi connectivity index (χ4n) is 4.29. The average Bonchev–Trinajstić information content (AvgIpc) is 2.96. The number of methoxy groups -OCH3 is 2. The van der Waals surface area contributed by atoms with Crippen LogP contribution in [0.15, 0.2) is 121 Å². The van der Waals surface area contributed by atoms with Crippen LogP contribution >= 0.6 is 15.8 Å². The monoisotopic (exact) mass is 514 g/mol. The quantitative estimate of drug-likeness (QED) is 0.247. The van der Waals surface area contributed by atoms with Gasteiger partial charge in [0.05, 0.1) is 14.2 Å². The number of hydrogen-bond acceptors (Lipinski definition) is 4. The van der Waals surface area contributed by atoms with Gasteiger partial charge in [-0.2, -0.15) is 0 Å². The van der Waals surface area contributed by atoms with Gasteiger partial charge in [-0.15, -0.1) is 0 Å². The molecule has 36 heavy (non-hydrogen) atoms. The number of carbonyl (C=O) groups is 2. The van der Waals surface area contributed by atoms with E-state index in [9.17, 15) is 9.59 Å². The predicted molar refractivity (Wildman–Crippen MR) is 150 cm³/mol. The zero-order valence-corrected chi connectivity index (χ0v) is 22.0. The zero-order valence-electron chi connectivity index (χ0n) is 20.2. The Morgan fingerprint density at radius 2 is 0.694 bits per heavy atom. The van der Waals surface area contributed by atoms with Crippen molar-refractivity contribution in [2.45, 2.75) is 11.3 Å². The average molecular weight is 514 g/mol. The highest BCUT2D eigenvalue weighted by molar-refractivity contribution is 7.78. The van der Waals surface area contributed by atoms with Crippen LogP contribution in [-0.4, -0.2) is 37.5 Å². The van der Waals surface area contributed by atoms with Gasteiger partial charge in [0.25, 0.3) is 0 Å². The molecule has 4 aromatic carbocycles. The number of carbonyl (C=O) groups excluding carboxylic acids is 2. The molecule has 6 heteroatoms. The van der Waals surface area contributed by atoms with Crippen LogP contribution in [0.1, 0.15) is 0 Å². The fourth-order valence-corrected chi connectivity index (χ4v) is 10.4. The minimum atomic E-state index is -1.31. The molecule has 0 saturated carbocycles. The Morgan fingerprint density at radius 1 is 0.472 bits per heavy atom. The molecule has 0 aromatic heterocycles. The van der Waals surface area contributed by atoms with E-state index in [0.717, 1.165) is 21.2 Å². The summed E-state index contributed by atoms with van der Waals surface area (Å²) in [5.74, 6) is -0.827. The molecule has 4 rings (SSSR count). The van der Waals surface area contributed by atoms with E-state index in [0.29, 0.717) is 0 Å². The molecule has 182 valence electrons. The third kappa shape index (κ3) is 5.73. The zero-order chi connectivity index (χ0) is 25.3. The molecule has 0 radical (unpaired) electrons. The van der Waals surface area contributed by atoms with Crippen LogP contribution in [0.5, 0.6) is 0 Å². The Kier molecular flexibility index (Phi) is 9.01. The molecule has 0 spiro atoms. The largest absolute Gasteiger partial charge is 0.468 e. The van der Waals surface area contributed by atoms with Crippen LogP contribution in [-0.2, 0) is 19.1 Å². The lowest BCUT2D eigenvalue weighted by Gasteiger charge is -2.36. The van der Waals surface area contributed by atoms with Gasteiger partial charge >= 0.3 is 11.9 Å². The van der Waals surface area contributed by atoms with Crippen molar-refractivity contribution in [1.29, 1.82) is 0 Å².